The standard InChI is InChI=1S/C14H20N4O2S/c1-15-12-13-5-2-6-14(11-13)21(19,20)17-8-4-10-18-9-3-7-16-18/h2-3,5-7,9,11,15,17H,4,8,10,12H2,1H3. The lowest BCUT2D eigenvalue weighted by atomic mass is 10.2. The van der Waals surface area contributed by atoms with E-state index >= 15 is 0 Å². The predicted octanol–water partition coefficient (Wildman–Crippen LogP) is 0.971. The highest BCUT2D eigenvalue weighted by atomic mass is 32.2. The number of nitrogens with one attached hydrogen (secondary N) is 2. The normalized spacial score (nSPS) is 11.7. The minimum atomic E-state index is -3.45. The van der Waals surface area contributed by atoms with Gasteiger partial charge in [-0.25, -0.2) is 13.1 Å². The van der Waals surface area contributed by atoms with Gasteiger partial charge in [-0.2, -0.15) is 5.10 Å². The molecule has 0 aliphatic heterocycles. The van der Waals surface area contributed by atoms with Crippen LogP contribution in [0.1, 0.15) is 12.0 Å². The summed E-state index contributed by atoms with van der Waals surface area (Å²) in [6, 6.07) is 8.79. The first-order chi connectivity index (χ1) is 10.1. The van der Waals surface area contributed by atoms with Crippen LogP contribution in [0.4, 0.5) is 0 Å². The molecule has 0 atom stereocenters. The van der Waals surface area contributed by atoms with Gasteiger partial charge < -0.3 is 5.32 Å². The average Bonchev–Trinajstić information content (AvgIpc) is 2.98. The Kier molecular flexibility index (Phi) is 5.49. The average molecular weight is 308 g/mol. The number of aromatic nitrogens is 2. The van der Waals surface area contributed by atoms with Gasteiger partial charge in [0.1, 0.15) is 0 Å². The summed E-state index contributed by atoms with van der Waals surface area (Å²) in [5.41, 5.74) is 0.942. The molecule has 0 saturated heterocycles. The third-order valence-corrected chi connectivity index (χ3v) is 4.46. The second-order valence-electron chi connectivity index (χ2n) is 4.70. The molecule has 0 radical (unpaired) electrons. The van der Waals surface area contributed by atoms with Crippen LogP contribution >= 0.6 is 0 Å². The van der Waals surface area contributed by atoms with E-state index in [1.807, 2.05) is 25.4 Å². The Morgan fingerprint density at radius 2 is 2.14 bits per heavy atom. The third-order valence-electron chi connectivity index (χ3n) is 3.00. The number of hydrogen-bond donors (Lipinski definition) is 2. The maximum absolute atomic E-state index is 12.2. The van der Waals surface area contributed by atoms with Gasteiger partial charge in [-0.15, -0.1) is 0 Å². The van der Waals surface area contributed by atoms with E-state index in [9.17, 15) is 8.42 Å². The van der Waals surface area contributed by atoms with Gasteiger partial charge in [0.05, 0.1) is 4.90 Å². The number of hydrogen-bond acceptors (Lipinski definition) is 4. The van der Waals surface area contributed by atoms with E-state index in [2.05, 4.69) is 15.1 Å². The van der Waals surface area contributed by atoms with Crippen molar-refractivity contribution >= 4 is 10.0 Å². The molecule has 2 aromatic rings. The smallest absolute Gasteiger partial charge is 0.240 e. The second kappa shape index (κ2) is 7.35. The van der Waals surface area contributed by atoms with Gasteiger partial charge in [-0.3, -0.25) is 4.68 Å². The van der Waals surface area contributed by atoms with Crippen LogP contribution in [0.15, 0.2) is 47.6 Å². The number of nitrogens with zero attached hydrogens (tertiary/aromatic N) is 2. The molecule has 21 heavy (non-hydrogen) atoms. The molecule has 1 aromatic heterocycles. The first-order valence-electron chi connectivity index (χ1n) is 6.82. The summed E-state index contributed by atoms with van der Waals surface area (Å²) >= 11 is 0. The summed E-state index contributed by atoms with van der Waals surface area (Å²) in [5.74, 6) is 0. The Bertz CT molecular complexity index is 653. The van der Waals surface area contributed by atoms with E-state index in [4.69, 9.17) is 0 Å². The van der Waals surface area contributed by atoms with Crippen LogP contribution in [0.25, 0.3) is 0 Å². The van der Waals surface area contributed by atoms with E-state index in [-0.39, 0.29) is 0 Å². The number of sulfonamides is 1. The minimum Gasteiger partial charge on any atom is -0.316 e. The molecule has 0 fully saturated rings. The monoisotopic (exact) mass is 308 g/mol. The van der Waals surface area contributed by atoms with Crippen LogP contribution in [0.2, 0.25) is 0 Å². The molecule has 114 valence electrons. The molecule has 0 saturated carbocycles. The Hall–Kier alpha value is -1.70. The minimum absolute atomic E-state index is 0.300. The summed E-state index contributed by atoms with van der Waals surface area (Å²) in [5, 5.41) is 7.08. The Labute approximate surface area is 125 Å². The van der Waals surface area contributed by atoms with Gasteiger partial charge >= 0.3 is 0 Å². The van der Waals surface area contributed by atoms with Crippen LogP contribution in [-0.2, 0) is 23.1 Å². The summed E-state index contributed by atoms with van der Waals surface area (Å²) < 4.78 is 28.8. The fourth-order valence-electron chi connectivity index (χ4n) is 1.99. The lowest BCUT2D eigenvalue weighted by Crippen LogP contribution is -2.25. The summed E-state index contributed by atoms with van der Waals surface area (Å²) in [6.45, 7) is 1.72. The number of benzene rings is 1. The molecule has 0 aliphatic carbocycles. The van der Waals surface area contributed by atoms with Crippen molar-refractivity contribution < 1.29 is 8.42 Å². The molecular weight excluding hydrogens is 288 g/mol. The maximum atomic E-state index is 12.2. The molecular formula is C14H20N4O2S. The molecule has 6 nitrogen and oxygen atoms in total. The van der Waals surface area contributed by atoms with Gasteiger partial charge in [0, 0.05) is 32.0 Å². The maximum Gasteiger partial charge on any atom is 0.240 e. The molecule has 0 unspecified atom stereocenters. The summed E-state index contributed by atoms with van der Waals surface area (Å²) in [6.07, 6.45) is 4.25. The predicted molar refractivity (Wildman–Crippen MR) is 81.2 cm³/mol. The number of aryl methyl sites for hydroxylation is 1. The zero-order valence-corrected chi connectivity index (χ0v) is 12.8. The van der Waals surface area contributed by atoms with Crippen molar-refractivity contribution in [3.63, 3.8) is 0 Å². The Balaban J connectivity index is 1.90. The van der Waals surface area contributed by atoms with Crippen LogP contribution in [0.5, 0.6) is 0 Å². The number of rotatable bonds is 8. The lowest BCUT2D eigenvalue weighted by Gasteiger charge is -2.08. The van der Waals surface area contributed by atoms with Gasteiger partial charge in [0.2, 0.25) is 10.0 Å². The molecule has 2 N–H and O–H groups in total. The van der Waals surface area contributed by atoms with E-state index in [0.29, 0.717) is 31.0 Å². The van der Waals surface area contributed by atoms with E-state index in [1.54, 1.807) is 29.1 Å². The SMILES string of the molecule is CNCc1cccc(S(=O)(=O)NCCCn2cccn2)c1. The highest BCUT2D eigenvalue weighted by Crippen LogP contribution is 2.11. The highest BCUT2D eigenvalue weighted by Gasteiger charge is 2.13. The van der Waals surface area contributed by atoms with Crippen molar-refractivity contribution in [2.24, 2.45) is 0 Å². The quantitative estimate of drug-likeness (QED) is 0.713. The zero-order chi connectivity index (χ0) is 15.1. The lowest BCUT2D eigenvalue weighted by molar-refractivity contribution is 0.553. The fraction of sp³-hybridized carbons (Fsp3) is 0.357. The Morgan fingerprint density at radius 3 is 2.86 bits per heavy atom. The van der Waals surface area contributed by atoms with E-state index in [0.717, 1.165) is 5.56 Å². The topological polar surface area (TPSA) is 76.0 Å². The molecule has 2 rings (SSSR count). The largest absolute Gasteiger partial charge is 0.316 e. The molecule has 7 heteroatoms. The zero-order valence-electron chi connectivity index (χ0n) is 12.0. The van der Waals surface area contributed by atoms with Crippen molar-refractivity contribution in [2.75, 3.05) is 13.6 Å². The van der Waals surface area contributed by atoms with Gasteiger partial charge in [-0.1, -0.05) is 12.1 Å². The molecule has 0 spiro atoms. The van der Waals surface area contributed by atoms with E-state index in [1.165, 1.54) is 0 Å². The molecule has 0 bridgehead atoms. The highest BCUT2D eigenvalue weighted by molar-refractivity contribution is 7.89. The Morgan fingerprint density at radius 1 is 1.29 bits per heavy atom. The van der Waals surface area contributed by atoms with Crippen molar-refractivity contribution in [2.45, 2.75) is 24.4 Å². The van der Waals surface area contributed by atoms with Gasteiger partial charge in [-0.05, 0) is 37.2 Å². The summed E-state index contributed by atoms with van der Waals surface area (Å²) in [7, 11) is -1.62. The van der Waals surface area contributed by atoms with Crippen molar-refractivity contribution in [1.82, 2.24) is 19.8 Å². The molecule has 0 aliphatic rings. The van der Waals surface area contributed by atoms with Crippen molar-refractivity contribution in [3.8, 4) is 0 Å². The fourth-order valence-corrected chi connectivity index (χ4v) is 3.13. The van der Waals surface area contributed by atoms with Crippen LogP contribution in [-0.4, -0.2) is 31.8 Å². The van der Waals surface area contributed by atoms with Gasteiger partial charge in [0.25, 0.3) is 0 Å². The molecule has 1 aromatic carbocycles. The van der Waals surface area contributed by atoms with Crippen molar-refractivity contribution in [3.05, 3.63) is 48.3 Å². The second-order valence-corrected chi connectivity index (χ2v) is 6.47. The van der Waals surface area contributed by atoms with Gasteiger partial charge in [0.15, 0.2) is 0 Å². The molecule has 1 heterocycles. The first-order valence-corrected chi connectivity index (χ1v) is 8.31. The van der Waals surface area contributed by atoms with Crippen LogP contribution in [0.3, 0.4) is 0 Å². The van der Waals surface area contributed by atoms with Crippen LogP contribution in [0, 0.1) is 0 Å². The van der Waals surface area contributed by atoms with Crippen LogP contribution < -0.4 is 10.0 Å². The third kappa shape index (κ3) is 4.66. The summed E-state index contributed by atoms with van der Waals surface area (Å²) in [4.78, 5) is 0.300. The molecule has 0 amide bonds. The van der Waals surface area contributed by atoms with E-state index < -0.39 is 10.0 Å². The van der Waals surface area contributed by atoms with Crippen molar-refractivity contribution in [1.29, 1.82) is 0 Å². The first kappa shape index (κ1) is 15.7.